The van der Waals surface area contributed by atoms with Crippen LogP contribution in [0.25, 0.3) is 0 Å². The van der Waals surface area contributed by atoms with Gasteiger partial charge in [-0.2, -0.15) is 0 Å². The van der Waals surface area contributed by atoms with Gasteiger partial charge in [0.25, 0.3) is 0 Å². The first-order chi connectivity index (χ1) is 8.97. The average Bonchev–Trinajstić information content (AvgIpc) is 2.32. The van der Waals surface area contributed by atoms with Crippen molar-refractivity contribution in [3.63, 3.8) is 0 Å². The predicted octanol–water partition coefficient (Wildman–Crippen LogP) is 5.76. The Hall–Kier alpha value is -0.650. The van der Waals surface area contributed by atoms with E-state index in [1.54, 1.807) is 6.07 Å². The highest BCUT2D eigenvalue weighted by molar-refractivity contribution is 9.11. The third kappa shape index (κ3) is 3.68. The number of benzene rings is 2. The lowest BCUT2D eigenvalue weighted by Crippen LogP contribution is -2.02. The second-order valence-electron chi connectivity index (χ2n) is 3.83. The number of rotatable bonds is 3. The molecule has 6 heteroatoms. The third-order valence-electron chi connectivity index (χ3n) is 2.47. The molecule has 0 fully saturated rings. The molecule has 0 amide bonds. The summed E-state index contributed by atoms with van der Waals surface area (Å²) in [6.07, 6.45) is 0. The largest absolute Gasteiger partial charge is 0.379 e. The Morgan fingerprint density at radius 2 is 1.74 bits per heavy atom. The first kappa shape index (κ1) is 14.8. The summed E-state index contributed by atoms with van der Waals surface area (Å²) in [7, 11) is 0. The Kier molecular flexibility index (Phi) is 4.81. The van der Waals surface area contributed by atoms with Gasteiger partial charge in [0.1, 0.15) is 11.6 Å². The van der Waals surface area contributed by atoms with Crippen LogP contribution in [0.2, 0.25) is 5.02 Å². The molecule has 1 N–H and O–H groups in total. The lowest BCUT2D eigenvalue weighted by molar-refractivity contribution is 0.625. The zero-order valence-electron chi connectivity index (χ0n) is 9.48. The van der Waals surface area contributed by atoms with Crippen LogP contribution in [0.3, 0.4) is 0 Å². The van der Waals surface area contributed by atoms with Gasteiger partial charge in [0, 0.05) is 15.5 Å². The summed E-state index contributed by atoms with van der Waals surface area (Å²) in [5.74, 6) is -0.737. The van der Waals surface area contributed by atoms with Crippen LogP contribution in [0.1, 0.15) is 5.56 Å². The predicted molar refractivity (Wildman–Crippen MR) is 80.5 cm³/mol. The topological polar surface area (TPSA) is 12.0 Å². The highest BCUT2D eigenvalue weighted by Crippen LogP contribution is 2.32. The van der Waals surface area contributed by atoms with Gasteiger partial charge in [-0.3, -0.25) is 0 Å². The molecule has 0 bridgehead atoms. The van der Waals surface area contributed by atoms with Gasteiger partial charge in [0.15, 0.2) is 0 Å². The molecule has 1 nitrogen and oxygen atoms in total. The van der Waals surface area contributed by atoms with E-state index in [9.17, 15) is 8.78 Å². The summed E-state index contributed by atoms with van der Waals surface area (Å²) in [5.41, 5.74) is 1.31. The van der Waals surface area contributed by atoms with Crippen LogP contribution in [0.15, 0.2) is 39.3 Å². The zero-order chi connectivity index (χ0) is 14.0. The lowest BCUT2D eigenvalue weighted by atomic mass is 10.2. The first-order valence-electron chi connectivity index (χ1n) is 5.29. The molecule has 100 valence electrons. The van der Waals surface area contributed by atoms with E-state index >= 15 is 0 Å². The maximum Gasteiger partial charge on any atom is 0.125 e. The van der Waals surface area contributed by atoms with Gasteiger partial charge in [-0.1, -0.05) is 27.5 Å². The van der Waals surface area contributed by atoms with E-state index in [0.29, 0.717) is 16.7 Å². The van der Waals surface area contributed by atoms with Gasteiger partial charge in [0.05, 0.1) is 10.7 Å². The van der Waals surface area contributed by atoms with Crippen LogP contribution in [0, 0.1) is 11.6 Å². The van der Waals surface area contributed by atoms with Crippen molar-refractivity contribution in [3.05, 3.63) is 61.5 Å². The van der Waals surface area contributed by atoms with Crippen LogP contribution < -0.4 is 5.32 Å². The van der Waals surface area contributed by atoms with E-state index in [4.69, 9.17) is 11.6 Å². The maximum atomic E-state index is 13.2. The van der Waals surface area contributed by atoms with Gasteiger partial charge in [-0.05, 0) is 51.8 Å². The number of hydrogen-bond acceptors (Lipinski definition) is 1. The van der Waals surface area contributed by atoms with Crippen molar-refractivity contribution in [2.75, 3.05) is 5.32 Å². The van der Waals surface area contributed by atoms with Crippen molar-refractivity contribution >= 4 is 49.1 Å². The fourth-order valence-corrected chi connectivity index (χ4v) is 2.92. The quantitative estimate of drug-likeness (QED) is 0.678. The molecule has 0 atom stereocenters. The molecule has 19 heavy (non-hydrogen) atoms. The summed E-state index contributed by atoms with van der Waals surface area (Å²) in [6, 6.07) is 6.95. The minimum absolute atomic E-state index is 0.263. The molecule has 0 aliphatic rings. The van der Waals surface area contributed by atoms with Crippen LogP contribution in [-0.4, -0.2) is 0 Å². The highest BCUT2D eigenvalue weighted by Gasteiger charge is 2.09. The molecule has 0 aromatic heterocycles. The van der Waals surface area contributed by atoms with E-state index < -0.39 is 5.82 Å². The van der Waals surface area contributed by atoms with E-state index in [-0.39, 0.29) is 10.8 Å². The smallest absolute Gasteiger partial charge is 0.125 e. The Bertz CT molecular complexity index is 597. The Morgan fingerprint density at radius 3 is 2.42 bits per heavy atom. The fraction of sp³-hybridized carbons (Fsp3) is 0.0769. The standard InChI is InChI=1S/C13H8Br2ClF2N/c14-10-2-1-8(17)3-7(10)6-19-13-11(15)4-9(18)5-12(13)16/h1-5,19H,6H2. The van der Waals surface area contributed by atoms with E-state index in [1.807, 2.05) is 0 Å². The minimum atomic E-state index is -0.422. The second-order valence-corrected chi connectivity index (χ2v) is 5.95. The summed E-state index contributed by atoms with van der Waals surface area (Å²) in [5, 5.41) is 3.31. The minimum Gasteiger partial charge on any atom is -0.379 e. The molecule has 0 spiro atoms. The average molecular weight is 411 g/mol. The van der Waals surface area contributed by atoms with Gasteiger partial charge in [0.2, 0.25) is 0 Å². The molecule has 0 radical (unpaired) electrons. The van der Waals surface area contributed by atoms with Gasteiger partial charge in [-0.25, -0.2) is 8.78 Å². The Balaban J connectivity index is 2.21. The zero-order valence-corrected chi connectivity index (χ0v) is 13.4. The van der Waals surface area contributed by atoms with Crippen molar-refractivity contribution < 1.29 is 8.78 Å². The molecule has 2 rings (SSSR count). The molecule has 2 aromatic rings. The van der Waals surface area contributed by atoms with E-state index in [0.717, 1.165) is 10.0 Å². The molecule has 0 heterocycles. The molecule has 0 saturated heterocycles. The second kappa shape index (κ2) is 6.20. The number of halogens is 5. The van der Waals surface area contributed by atoms with Gasteiger partial charge in [-0.15, -0.1) is 0 Å². The molecule has 0 aliphatic carbocycles. The molecule has 0 aliphatic heterocycles. The molecule has 2 aromatic carbocycles. The third-order valence-corrected chi connectivity index (χ3v) is 4.17. The van der Waals surface area contributed by atoms with Crippen molar-refractivity contribution in [1.82, 2.24) is 0 Å². The normalized spacial score (nSPS) is 10.6. The number of nitrogens with one attached hydrogen (secondary N) is 1. The monoisotopic (exact) mass is 409 g/mol. The van der Waals surface area contributed by atoms with Crippen molar-refractivity contribution in [2.45, 2.75) is 6.54 Å². The van der Waals surface area contributed by atoms with Crippen molar-refractivity contribution in [3.8, 4) is 0 Å². The van der Waals surface area contributed by atoms with Gasteiger partial charge < -0.3 is 5.32 Å². The van der Waals surface area contributed by atoms with Crippen LogP contribution >= 0.6 is 43.5 Å². The lowest BCUT2D eigenvalue weighted by Gasteiger charge is -2.12. The van der Waals surface area contributed by atoms with E-state index in [2.05, 4.69) is 37.2 Å². The Morgan fingerprint density at radius 1 is 1.00 bits per heavy atom. The highest BCUT2D eigenvalue weighted by atomic mass is 79.9. The van der Waals surface area contributed by atoms with Crippen LogP contribution in [0.4, 0.5) is 14.5 Å². The summed E-state index contributed by atoms with van der Waals surface area (Å²) >= 11 is 12.5. The van der Waals surface area contributed by atoms with E-state index in [1.165, 1.54) is 24.3 Å². The van der Waals surface area contributed by atoms with Crippen molar-refractivity contribution in [2.24, 2.45) is 0 Å². The number of anilines is 1. The summed E-state index contributed by atoms with van der Waals surface area (Å²) in [6.45, 7) is 0.363. The van der Waals surface area contributed by atoms with Crippen LogP contribution in [0.5, 0.6) is 0 Å². The Labute approximate surface area is 131 Å². The maximum absolute atomic E-state index is 13.2. The summed E-state index contributed by atoms with van der Waals surface area (Å²) < 4.78 is 27.5. The molecule has 0 unspecified atom stereocenters. The SMILES string of the molecule is Fc1cc(Cl)c(NCc2cc(F)ccc2Br)c(Br)c1. The molecular weight excluding hydrogens is 403 g/mol. The fourth-order valence-electron chi connectivity index (χ4n) is 1.57. The molecule has 0 saturated carbocycles. The first-order valence-corrected chi connectivity index (χ1v) is 7.26. The summed E-state index contributed by atoms with van der Waals surface area (Å²) in [4.78, 5) is 0. The van der Waals surface area contributed by atoms with Crippen LogP contribution in [-0.2, 0) is 6.54 Å². The van der Waals surface area contributed by atoms with Gasteiger partial charge >= 0.3 is 0 Å². The molecular formula is C13H8Br2ClF2N. The van der Waals surface area contributed by atoms with Crippen molar-refractivity contribution in [1.29, 1.82) is 0 Å². The number of hydrogen-bond donors (Lipinski definition) is 1.